The number of hydrogen-bond donors (Lipinski definition) is 0. The van der Waals surface area contributed by atoms with E-state index in [0.717, 1.165) is 29.4 Å². The fraction of sp³-hybridized carbons (Fsp3) is 0.452. The van der Waals surface area contributed by atoms with Crippen LogP contribution in [0.2, 0.25) is 0 Å². The van der Waals surface area contributed by atoms with Crippen LogP contribution in [-0.4, -0.2) is 15.6 Å². The first-order chi connectivity index (χ1) is 23.1. The molecule has 7 heteroatoms. The molecule has 272 valence electrons. The number of pyridine rings is 3. The number of allylic oxidation sites excluding steroid dienone is 8. The van der Waals surface area contributed by atoms with E-state index in [9.17, 15) is 0 Å². The normalized spacial score (nSPS) is 10.8. The zero-order chi connectivity index (χ0) is 34.0. The van der Waals surface area contributed by atoms with Crippen LogP contribution in [-0.2, 0) is 13.1 Å². The number of hydrogen-bond acceptors (Lipinski definition) is 1. The summed E-state index contributed by atoms with van der Waals surface area (Å²) in [6, 6.07) is 18.6. The van der Waals surface area contributed by atoms with Crippen molar-refractivity contribution in [2.45, 2.75) is 111 Å². The zero-order valence-corrected chi connectivity index (χ0v) is 36.6. The summed E-state index contributed by atoms with van der Waals surface area (Å²) in [6.07, 6.45) is 38.8. The molecule has 0 saturated carbocycles. The molecular formula is C42H61Br4N3. The molecule has 3 nitrogen and oxygen atoms in total. The zero-order valence-electron chi connectivity index (χ0n) is 30.2. The summed E-state index contributed by atoms with van der Waals surface area (Å²) in [5, 5.41) is 2.26. The summed E-state index contributed by atoms with van der Waals surface area (Å²) in [7, 11) is 0. The van der Waals surface area contributed by atoms with Crippen LogP contribution < -0.4 is 43.1 Å². The van der Waals surface area contributed by atoms with Gasteiger partial charge in [0.1, 0.15) is 13.1 Å². The molecule has 0 N–H and O–H groups in total. The Hall–Kier alpha value is -1.67. The van der Waals surface area contributed by atoms with E-state index >= 15 is 0 Å². The summed E-state index contributed by atoms with van der Waals surface area (Å²) in [5.41, 5.74) is 3.75. The largest absolute Gasteiger partial charge is 1.00 e. The molecule has 3 heterocycles. The molecule has 3 aromatic heterocycles. The van der Waals surface area contributed by atoms with Crippen molar-refractivity contribution in [2.75, 3.05) is 10.7 Å². The Bertz CT molecular complexity index is 1180. The molecule has 49 heavy (non-hydrogen) atoms. The van der Waals surface area contributed by atoms with Gasteiger partial charge in [0, 0.05) is 73.5 Å². The van der Waals surface area contributed by atoms with Crippen molar-refractivity contribution in [1.29, 1.82) is 0 Å². The monoisotopic (exact) mass is 923 g/mol. The van der Waals surface area contributed by atoms with Crippen LogP contribution in [0.3, 0.4) is 0 Å². The topological polar surface area (TPSA) is 20.6 Å². The number of aryl methyl sites for hydroxylation is 5. The van der Waals surface area contributed by atoms with Gasteiger partial charge in [-0.2, -0.15) is 0 Å². The molecule has 0 amide bonds. The number of halogens is 4. The third kappa shape index (κ3) is 30.8. The van der Waals surface area contributed by atoms with E-state index in [1.807, 2.05) is 25.1 Å². The lowest BCUT2D eigenvalue weighted by molar-refractivity contribution is -0.703. The third-order valence-electron chi connectivity index (χ3n) is 7.46. The fourth-order valence-corrected chi connectivity index (χ4v) is 5.37. The summed E-state index contributed by atoms with van der Waals surface area (Å²) >= 11 is 6.85. The van der Waals surface area contributed by atoms with Gasteiger partial charge in [-0.05, 0) is 83.3 Å². The van der Waals surface area contributed by atoms with Crippen LogP contribution >= 0.6 is 31.9 Å². The minimum atomic E-state index is 0. The Balaban J connectivity index is 0. The quantitative estimate of drug-likeness (QED) is 0.0622. The third-order valence-corrected chi connectivity index (χ3v) is 8.58. The molecule has 3 rings (SSSR count). The standard InChI is InChI=1S/C24H34N2.C12H20Br2.C6H7N.2BrH/c1-23-17-11-15-21-25(23)19-13-9-7-5-3-4-6-8-10-14-20-26-22-16-12-18-24(26)2;13-11-9-7-5-3-1-2-4-6-8-10-12-14;1-6-4-2-3-5-7-6;;/h3-6,11-12,15-18,21-22H,7-10,13-14,19-20H2,1-2H3;1-4H,5-12H2;2-5H,1H3;2*1H/q+2;;;;/p-2/b5-3-,6-4-;3-1-,4-2-;;;. The van der Waals surface area contributed by atoms with Crippen molar-refractivity contribution < 1.29 is 43.1 Å². The number of nitrogens with zero attached hydrogens (tertiary/aromatic N) is 3. The highest BCUT2D eigenvalue weighted by Gasteiger charge is 2.03. The van der Waals surface area contributed by atoms with Crippen molar-refractivity contribution in [3.63, 3.8) is 0 Å². The first kappa shape index (κ1) is 49.4. The van der Waals surface area contributed by atoms with E-state index in [0.29, 0.717) is 0 Å². The second-order valence-corrected chi connectivity index (χ2v) is 13.2. The number of alkyl halides is 2. The molecule has 0 aromatic carbocycles. The molecule has 0 aliphatic heterocycles. The molecular weight excluding hydrogens is 866 g/mol. The van der Waals surface area contributed by atoms with Gasteiger partial charge in [-0.3, -0.25) is 4.98 Å². The minimum absolute atomic E-state index is 0. The van der Waals surface area contributed by atoms with Gasteiger partial charge in [0.05, 0.1) is 0 Å². The van der Waals surface area contributed by atoms with Gasteiger partial charge in [0.15, 0.2) is 23.8 Å². The number of aromatic nitrogens is 3. The Morgan fingerprint density at radius 2 is 0.898 bits per heavy atom. The Morgan fingerprint density at radius 3 is 1.20 bits per heavy atom. The molecule has 0 spiro atoms. The maximum Gasteiger partial charge on any atom is 0.178 e. The molecule has 0 fully saturated rings. The molecule has 0 aliphatic rings. The summed E-state index contributed by atoms with van der Waals surface area (Å²) in [4.78, 5) is 3.98. The van der Waals surface area contributed by atoms with E-state index < -0.39 is 0 Å². The van der Waals surface area contributed by atoms with E-state index in [1.165, 1.54) is 88.4 Å². The SMILES string of the molecule is BrCCCC/C=C\C=C/CCCCBr.Cc1cccc[n+]1CCCC/C=C\C=C/CCCC[n+]1ccccc1C.Cc1ccccn1.[Br-].[Br-]. The van der Waals surface area contributed by atoms with Crippen molar-refractivity contribution in [1.82, 2.24) is 4.98 Å². The highest BCUT2D eigenvalue weighted by atomic mass is 79.9. The molecule has 0 radical (unpaired) electrons. The van der Waals surface area contributed by atoms with Crippen molar-refractivity contribution >= 4 is 31.9 Å². The van der Waals surface area contributed by atoms with Gasteiger partial charge in [-0.25, -0.2) is 9.13 Å². The van der Waals surface area contributed by atoms with Crippen LogP contribution in [0.4, 0.5) is 0 Å². The minimum Gasteiger partial charge on any atom is -1.00 e. The van der Waals surface area contributed by atoms with Gasteiger partial charge in [-0.1, -0.05) is 98.7 Å². The average Bonchev–Trinajstić information content (AvgIpc) is 3.08. The van der Waals surface area contributed by atoms with E-state index in [-0.39, 0.29) is 34.0 Å². The molecule has 3 aromatic rings. The predicted octanol–water partition coefficient (Wildman–Crippen LogP) is 5.66. The van der Waals surface area contributed by atoms with E-state index in [4.69, 9.17) is 0 Å². The van der Waals surface area contributed by atoms with Gasteiger partial charge in [-0.15, -0.1) is 0 Å². The van der Waals surface area contributed by atoms with Gasteiger partial charge in [0.2, 0.25) is 0 Å². The van der Waals surface area contributed by atoms with E-state index in [1.54, 1.807) is 6.20 Å². The van der Waals surface area contributed by atoms with Crippen LogP contribution in [0.15, 0.2) is 122 Å². The summed E-state index contributed by atoms with van der Waals surface area (Å²) < 4.78 is 4.66. The molecule has 0 aliphatic carbocycles. The Kier molecular flexibility index (Phi) is 37.9. The molecule has 0 unspecified atom stereocenters. The second kappa shape index (κ2) is 37.6. The van der Waals surface area contributed by atoms with Crippen LogP contribution in [0.25, 0.3) is 0 Å². The van der Waals surface area contributed by atoms with Gasteiger partial charge >= 0.3 is 0 Å². The van der Waals surface area contributed by atoms with Crippen LogP contribution in [0.1, 0.15) is 94.1 Å². The lowest BCUT2D eigenvalue weighted by Crippen LogP contribution is -3.00. The summed E-state index contributed by atoms with van der Waals surface area (Å²) in [6.45, 7) is 8.55. The van der Waals surface area contributed by atoms with Crippen LogP contribution in [0, 0.1) is 20.8 Å². The maximum absolute atomic E-state index is 3.98. The lowest BCUT2D eigenvalue weighted by Gasteiger charge is -1.99. The van der Waals surface area contributed by atoms with Gasteiger partial charge < -0.3 is 34.0 Å². The van der Waals surface area contributed by atoms with Crippen molar-refractivity contribution in [2.24, 2.45) is 0 Å². The maximum atomic E-state index is 3.98. The first-order valence-electron chi connectivity index (χ1n) is 17.6. The highest BCUT2D eigenvalue weighted by molar-refractivity contribution is 9.09. The fourth-order valence-electron chi connectivity index (χ4n) is 4.57. The van der Waals surface area contributed by atoms with Crippen LogP contribution in [0.5, 0.6) is 0 Å². The smallest absolute Gasteiger partial charge is 0.178 e. The van der Waals surface area contributed by atoms with Gasteiger partial charge in [0.25, 0.3) is 0 Å². The Morgan fingerprint density at radius 1 is 0.510 bits per heavy atom. The van der Waals surface area contributed by atoms with Crippen molar-refractivity contribution in [3.8, 4) is 0 Å². The number of unbranched alkanes of at least 4 members (excludes halogenated alkanes) is 8. The second-order valence-electron chi connectivity index (χ2n) is 11.6. The van der Waals surface area contributed by atoms with E-state index in [2.05, 4.69) is 157 Å². The predicted molar refractivity (Wildman–Crippen MR) is 211 cm³/mol. The highest BCUT2D eigenvalue weighted by Crippen LogP contribution is 2.03. The van der Waals surface area contributed by atoms with Crippen molar-refractivity contribution in [3.05, 3.63) is 139 Å². The first-order valence-corrected chi connectivity index (χ1v) is 19.9. The average molecular weight is 928 g/mol. The lowest BCUT2D eigenvalue weighted by atomic mass is 10.2. The number of rotatable bonds is 20. The molecule has 0 bridgehead atoms. The summed E-state index contributed by atoms with van der Waals surface area (Å²) in [5.74, 6) is 0. The molecule has 0 saturated heterocycles. The Labute approximate surface area is 337 Å². The molecule has 0 atom stereocenters.